The van der Waals surface area contributed by atoms with E-state index in [2.05, 4.69) is 36.3 Å². The van der Waals surface area contributed by atoms with E-state index < -0.39 is 16.1 Å². The summed E-state index contributed by atoms with van der Waals surface area (Å²) in [5.74, 6) is 0.582. The molecule has 3 aromatic rings. The lowest BCUT2D eigenvalue weighted by molar-refractivity contribution is 0.256. The van der Waals surface area contributed by atoms with Gasteiger partial charge in [0.1, 0.15) is 0 Å². The molecule has 0 unspecified atom stereocenters. The van der Waals surface area contributed by atoms with Crippen molar-refractivity contribution in [2.75, 3.05) is 5.32 Å². The maximum atomic E-state index is 12.2. The van der Waals surface area contributed by atoms with E-state index in [1.807, 2.05) is 16.9 Å². The van der Waals surface area contributed by atoms with Crippen LogP contribution < -0.4 is 10.0 Å². The van der Waals surface area contributed by atoms with Gasteiger partial charge in [-0.2, -0.15) is 0 Å². The summed E-state index contributed by atoms with van der Waals surface area (Å²) in [6.07, 6.45) is 1.01. The van der Waals surface area contributed by atoms with E-state index in [9.17, 15) is 13.2 Å². The average Bonchev–Trinajstić information content (AvgIpc) is 3.10. The lowest BCUT2D eigenvalue weighted by Crippen LogP contribution is -2.34. The number of urea groups is 1. The smallest absolute Gasteiger partial charge is 0.283 e. The number of anilines is 1. The van der Waals surface area contributed by atoms with Gasteiger partial charge in [-0.3, -0.25) is 5.32 Å². The summed E-state index contributed by atoms with van der Waals surface area (Å²) in [4.78, 5) is 16.4. The summed E-state index contributed by atoms with van der Waals surface area (Å²) in [5.41, 5.74) is 2.89. The van der Waals surface area contributed by atoms with Crippen molar-refractivity contribution in [3.63, 3.8) is 0 Å². The molecule has 6 nitrogen and oxygen atoms in total. The second-order valence-corrected chi connectivity index (χ2v) is 9.82. The fourth-order valence-corrected chi connectivity index (χ4v) is 4.41. The number of benzene rings is 2. The maximum Gasteiger partial charge on any atom is 0.334 e. The first-order chi connectivity index (χ1) is 13.7. The molecule has 1 aromatic heterocycles. The molecular formula is C20H20ClN3O3S2. The van der Waals surface area contributed by atoms with Crippen LogP contribution in [0, 0.1) is 5.92 Å². The van der Waals surface area contributed by atoms with E-state index >= 15 is 0 Å². The zero-order valence-corrected chi connectivity index (χ0v) is 18.2. The highest BCUT2D eigenvalue weighted by molar-refractivity contribution is 7.90. The van der Waals surface area contributed by atoms with Crippen molar-refractivity contribution in [3.8, 4) is 11.3 Å². The van der Waals surface area contributed by atoms with Gasteiger partial charge in [0, 0.05) is 16.0 Å². The number of carbonyl (C=O) groups excluding carboxylic acids is 1. The Morgan fingerprint density at radius 3 is 2.38 bits per heavy atom. The van der Waals surface area contributed by atoms with Crippen molar-refractivity contribution in [1.82, 2.24) is 9.71 Å². The third kappa shape index (κ3) is 5.79. The van der Waals surface area contributed by atoms with Gasteiger partial charge < -0.3 is 0 Å². The molecule has 0 aliphatic rings. The van der Waals surface area contributed by atoms with Gasteiger partial charge in [0.15, 0.2) is 5.13 Å². The maximum absolute atomic E-state index is 12.2. The van der Waals surface area contributed by atoms with Gasteiger partial charge in [0.05, 0.1) is 10.6 Å². The molecule has 0 saturated heterocycles. The van der Waals surface area contributed by atoms with Crippen molar-refractivity contribution in [3.05, 3.63) is 64.5 Å². The number of halogens is 1. The molecule has 9 heteroatoms. The largest absolute Gasteiger partial charge is 0.334 e. The fraction of sp³-hybridized carbons (Fsp3) is 0.200. The molecule has 0 aliphatic heterocycles. The molecule has 0 spiro atoms. The van der Waals surface area contributed by atoms with Crippen molar-refractivity contribution in [1.29, 1.82) is 0 Å². The summed E-state index contributed by atoms with van der Waals surface area (Å²) in [6.45, 7) is 4.34. The first-order valence-corrected chi connectivity index (χ1v) is 11.6. The zero-order chi connectivity index (χ0) is 21.0. The van der Waals surface area contributed by atoms with Crippen molar-refractivity contribution >= 4 is 44.1 Å². The lowest BCUT2D eigenvalue weighted by Gasteiger charge is -2.07. The molecule has 1 heterocycles. The minimum absolute atomic E-state index is 0.0571. The molecule has 2 aromatic carbocycles. The minimum Gasteiger partial charge on any atom is -0.283 e. The number of carbonyl (C=O) groups is 1. The highest BCUT2D eigenvalue weighted by Crippen LogP contribution is 2.25. The minimum atomic E-state index is -4.00. The standard InChI is InChI=1S/C20H20ClN3O3S2/c1-13(2)11-14-3-5-15(6-4-14)18-12-28-20(22-18)23-19(25)24-29(26,27)17-9-7-16(21)8-10-17/h3-10,12-13H,11H2,1-2H3,(H2,22,23,24,25). The van der Waals surface area contributed by atoms with Crippen LogP contribution in [-0.2, 0) is 16.4 Å². The van der Waals surface area contributed by atoms with E-state index in [4.69, 9.17) is 11.6 Å². The second-order valence-electron chi connectivity index (χ2n) is 6.85. The molecular weight excluding hydrogens is 430 g/mol. The highest BCUT2D eigenvalue weighted by Gasteiger charge is 2.18. The van der Waals surface area contributed by atoms with E-state index in [0.29, 0.717) is 21.8 Å². The van der Waals surface area contributed by atoms with Crippen LogP contribution >= 0.6 is 22.9 Å². The molecule has 3 rings (SSSR count). The second kappa shape index (κ2) is 8.94. The van der Waals surface area contributed by atoms with Gasteiger partial charge in [0.25, 0.3) is 10.0 Å². The summed E-state index contributed by atoms with van der Waals surface area (Å²) < 4.78 is 26.5. The molecule has 0 atom stereocenters. The predicted octanol–water partition coefficient (Wildman–Crippen LogP) is 5.17. The summed E-state index contributed by atoms with van der Waals surface area (Å²) in [7, 11) is -4.00. The molecule has 2 N–H and O–H groups in total. The van der Waals surface area contributed by atoms with Gasteiger partial charge in [-0.25, -0.2) is 22.9 Å². The van der Waals surface area contributed by atoms with Crippen LogP contribution in [-0.4, -0.2) is 19.4 Å². The third-order valence-corrected chi connectivity index (χ3v) is 6.33. The lowest BCUT2D eigenvalue weighted by atomic mass is 10.0. The van der Waals surface area contributed by atoms with Gasteiger partial charge in [-0.05, 0) is 42.2 Å². The molecule has 2 amide bonds. The number of nitrogens with one attached hydrogen (secondary N) is 2. The fourth-order valence-electron chi connectivity index (χ4n) is 2.66. The zero-order valence-electron chi connectivity index (χ0n) is 15.8. The summed E-state index contributed by atoms with van der Waals surface area (Å²) >= 11 is 6.97. The number of sulfonamides is 1. The van der Waals surface area contributed by atoms with Crippen LogP contribution in [0.5, 0.6) is 0 Å². The number of aromatic nitrogens is 1. The molecule has 0 radical (unpaired) electrons. The van der Waals surface area contributed by atoms with E-state index in [-0.39, 0.29) is 4.90 Å². The van der Waals surface area contributed by atoms with E-state index in [0.717, 1.165) is 12.0 Å². The van der Waals surface area contributed by atoms with Crippen LogP contribution in [0.4, 0.5) is 9.93 Å². The Morgan fingerprint density at radius 1 is 1.10 bits per heavy atom. The number of hydrogen-bond acceptors (Lipinski definition) is 5. The molecule has 152 valence electrons. The molecule has 0 saturated carbocycles. The first-order valence-electron chi connectivity index (χ1n) is 8.87. The van der Waals surface area contributed by atoms with Gasteiger partial charge in [-0.15, -0.1) is 11.3 Å². The molecule has 29 heavy (non-hydrogen) atoms. The Kier molecular flexibility index (Phi) is 6.56. The highest BCUT2D eigenvalue weighted by atomic mass is 35.5. The number of nitrogens with zero attached hydrogens (tertiary/aromatic N) is 1. The van der Waals surface area contributed by atoms with Crippen LogP contribution in [0.3, 0.4) is 0 Å². The van der Waals surface area contributed by atoms with Gasteiger partial charge in [0.2, 0.25) is 0 Å². The summed E-state index contributed by atoms with van der Waals surface area (Å²) in [6, 6.07) is 12.7. The normalized spacial score (nSPS) is 11.4. The van der Waals surface area contributed by atoms with E-state index in [1.165, 1.54) is 41.2 Å². The SMILES string of the molecule is CC(C)Cc1ccc(-c2csc(NC(=O)NS(=O)(=O)c3ccc(Cl)cc3)n2)cc1. The average molecular weight is 450 g/mol. The Hall–Kier alpha value is -2.42. The number of hydrogen-bond donors (Lipinski definition) is 2. The summed E-state index contributed by atoms with van der Waals surface area (Å²) in [5, 5.41) is 4.97. The molecule has 0 aliphatic carbocycles. The van der Waals surface area contributed by atoms with Crippen LogP contribution in [0.1, 0.15) is 19.4 Å². The van der Waals surface area contributed by atoms with Crippen molar-refractivity contribution < 1.29 is 13.2 Å². The van der Waals surface area contributed by atoms with Gasteiger partial charge in [-0.1, -0.05) is 49.7 Å². The Balaban J connectivity index is 1.65. The molecule has 0 bridgehead atoms. The first kappa shape index (κ1) is 21.3. The van der Waals surface area contributed by atoms with Crippen LogP contribution in [0.2, 0.25) is 5.02 Å². The molecule has 0 fully saturated rings. The van der Waals surface area contributed by atoms with Crippen LogP contribution in [0.15, 0.2) is 58.8 Å². The topological polar surface area (TPSA) is 88.2 Å². The monoisotopic (exact) mass is 449 g/mol. The number of amides is 2. The predicted molar refractivity (Wildman–Crippen MR) is 117 cm³/mol. The van der Waals surface area contributed by atoms with E-state index in [1.54, 1.807) is 5.38 Å². The third-order valence-electron chi connectivity index (χ3n) is 3.97. The van der Waals surface area contributed by atoms with Gasteiger partial charge >= 0.3 is 6.03 Å². The quantitative estimate of drug-likeness (QED) is 0.543. The Labute approximate surface area is 179 Å². The van der Waals surface area contributed by atoms with Crippen LogP contribution in [0.25, 0.3) is 11.3 Å². The number of thiazole rings is 1. The Morgan fingerprint density at radius 2 is 1.76 bits per heavy atom. The van der Waals surface area contributed by atoms with Crippen molar-refractivity contribution in [2.24, 2.45) is 5.92 Å². The van der Waals surface area contributed by atoms with Crippen molar-refractivity contribution in [2.45, 2.75) is 25.2 Å². The number of rotatable bonds is 6. The Bertz CT molecular complexity index is 1090.